The molecule has 0 aliphatic carbocycles. The monoisotopic (exact) mass is 430 g/mol. The van der Waals surface area contributed by atoms with Gasteiger partial charge in [0.15, 0.2) is 0 Å². The summed E-state index contributed by atoms with van der Waals surface area (Å²) in [7, 11) is -2.99. The zero-order chi connectivity index (χ0) is 20.6. The van der Waals surface area contributed by atoms with Crippen LogP contribution in [0.25, 0.3) is 10.9 Å². The molecule has 3 saturated heterocycles. The summed E-state index contributed by atoms with van der Waals surface area (Å²) >= 11 is 0. The first-order valence-corrected chi connectivity index (χ1v) is 12.7. The standard InChI is InChI=1S/C21H30N6O2S/c28-30(29)15-3-8-27(30)14-11-24-9-12-25(13-10-24)18-4-5-20-19(16-18)21(23-17-22-20)26-6-1-2-7-26/h4-5,16-17H,1-3,6-15H2. The van der Waals surface area contributed by atoms with Gasteiger partial charge >= 0.3 is 0 Å². The highest BCUT2D eigenvalue weighted by Crippen LogP contribution is 2.30. The van der Waals surface area contributed by atoms with Gasteiger partial charge in [0.25, 0.3) is 0 Å². The quantitative estimate of drug-likeness (QED) is 0.710. The third-order valence-corrected chi connectivity index (χ3v) is 8.57. The van der Waals surface area contributed by atoms with Gasteiger partial charge in [-0.05, 0) is 37.5 Å². The first-order valence-electron chi connectivity index (χ1n) is 11.0. The average molecular weight is 431 g/mol. The lowest BCUT2D eigenvalue weighted by atomic mass is 10.1. The number of sulfonamides is 1. The number of hydrogen-bond donors (Lipinski definition) is 0. The first-order chi connectivity index (χ1) is 14.6. The van der Waals surface area contributed by atoms with Crippen molar-refractivity contribution in [3.63, 3.8) is 0 Å². The lowest BCUT2D eigenvalue weighted by Crippen LogP contribution is -2.48. The Morgan fingerprint density at radius 3 is 2.37 bits per heavy atom. The smallest absolute Gasteiger partial charge is 0.214 e. The van der Waals surface area contributed by atoms with Crippen LogP contribution in [0.1, 0.15) is 19.3 Å². The summed E-state index contributed by atoms with van der Waals surface area (Å²) in [4.78, 5) is 16.2. The normalized spacial score (nSPS) is 22.9. The van der Waals surface area contributed by atoms with Crippen molar-refractivity contribution in [1.82, 2.24) is 19.2 Å². The van der Waals surface area contributed by atoms with Crippen LogP contribution < -0.4 is 9.80 Å². The van der Waals surface area contributed by atoms with E-state index >= 15 is 0 Å². The van der Waals surface area contributed by atoms with Gasteiger partial charge in [0, 0.05) is 70.0 Å². The molecule has 0 spiro atoms. The van der Waals surface area contributed by atoms with Gasteiger partial charge < -0.3 is 9.80 Å². The lowest BCUT2D eigenvalue weighted by Gasteiger charge is -2.36. The Hall–Kier alpha value is -1.97. The molecule has 0 unspecified atom stereocenters. The second kappa shape index (κ2) is 8.28. The number of aromatic nitrogens is 2. The van der Waals surface area contributed by atoms with Crippen molar-refractivity contribution in [2.24, 2.45) is 0 Å². The van der Waals surface area contributed by atoms with Crippen molar-refractivity contribution in [2.75, 3.05) is 74.5 Å². The molecular formula is C21H30N6O2S. The van der Waals surface area contributed by atoms with Crippen LogP contribution >= 0.6 is 0 Å². The van der Waals surface area contributed by atoms with Crippen LogP contribution in [0, 0.1) is 0 Å². The molecule has 2 aromatic rings. The largest absolute Gasteiger partial charge is 0.369 e. The fourth-order valence-corrected chi connectivity index (χ4v) is 6.35. The Bertz CT molecular complexity index is 1000. The van der Waals surface area contributed by atoms with E-state index in [1.165, 1.54) is 18.5 Å². The third kappa shape index (κ3) is 3.98. The molecule has 0 amide bonds. The number of anilines is 2. The molecule has 5 rings (SSSR count). The number of piperazine rings is 1. The number of nitrogens with zero attached hydrogens (tertiary/aromatic N) is 6. The molecule has 8 nitrogen and oxygen atoms in total. The number of hydrogen-bond acceptors (Lipinski definition) is 7. The van der Waals surface area contributed by atoms with Crippen molar-refractivity contribution in [2.45, 2.75) is 19.3 Å². The van der Waals surface area contributed by atoms with Crippen molar-refractivity contribution < 1.29 is 8.42 Å². The fourth-order valence-electron chi connectivity index (χ4n) is 4.83. The molecule has 0 N–H and O–H groups in total. The van der Waals surface area contributed by atoms with Crippen molar-refractivity contribution in [3.8, 4) is 0 Å². The molecule has 0 atom stereocenters. The summed E-state index contributed by atoms with van der Waals surface area (Å²) < 4.78 is 25.6. The summed E-state index contributed by atoms with van der Waals surface area (Å²) in [5.41, 5.74) is 2.22. The maximum Gasteiger partial charge on any atom is 0.214 e. The lowest BCUT2D eigenvalue weighted by molar-refractivity contribution is 0.240. The van der Waals surface area contributed by atoms with Crippen LogP contribution in [-0.2, 0) is 10.0 Å². The molecule has 0 bridgehead atoms. The summed E-state index contributed by atoms with van der Waals surface area (Å²) in [6.07, 6.45) is 4.90. The molecule has 0 saturated carbocycles. The Kier molecular flexibility index (Phi) is 5.51. The van der Waals surface area contributed by atoms with Crippen LogP contribution in [0.2, 0.25) is 0 Å². The fraction of sp³-hybridized carbons (Fsp3) is 0.619. The molecule has 30 heavy (non-hydrogen) atoms. The Morgan fingerprint density at radius 2 is 1.63 bits per heavy atom. The zero-order valence-electron chi connectivity index (χ0n) is 17.4. The van der Waals surface area contributed by atoms with Crippen LogP contribution in [-0.4, -0.2) is 92.2 Å². The molecule has 0 radical (unpaired) electrons. The van der Waals surface area contributed by atoms with Crippen LogP contribution in [0.15, 0.2) is 24.5 Å². The van der Waals surface area contributed by atoms with E-state index in [0.717, 1.165) is 69.0 Å². The predicted molar refractivity (Wildman–Crippen MR) is 120 cm³/mol. The second-order valence-corrected chi connectivity index (χ2v) is 10.6. The minimum atomic E-state index is -2.99. The third-order valence-electron chi connectivity index (χ3n) is 6.61. The summed E-state index contributed by atoms with van der Waals surface area (Å²) in [6, 6.07) is 6.52. The second-order valence-electron chi connectivity index (χ2n) is 8.49. The average Bonchev–Trinajstić information content (AvgIpc) is 3.41. The highest BCUT2D eigenvalue weighted by molar-refractivity contribution is 7.89. The van der Waals surface area contributed by atoms with Crippen molar-refractivity contribution >= 4 is 32.4 Å². The Balaban J connectivity index is 1.24. The van der Waals surface area contributed by atoms with Crippen LogP contribution in [0.4, 0.5) is 11.5 Å². The van der Waals surface area contributed by atoms with E-state index in [-0.39, 0.29) is 0 Å². The number of fused-ring (bicyclic) bond motifs is 1. The molecule has 3 aliphatic rings. The van der Waals surface area contributed by atoms with Gasteiger partial charge in [-0.2, -0.15) is 0 Å². The van der Waals surface area contributed by atoms with Crippen LogP contribution in [0.3, 0.4) is 0 Å². The van der Waals surface area contributed by atoms with Crippen LogP contribution in [0.5, 0.6) is 0 Å². The topological polar surface area (TPSA) is 72.9 Å². The van der Waals surface area contributed by atoms with Gasteiger partial charge in [-0.1, -0.05) is 0 Å². The zero-order valence-corrected chi connectivity index (χ0v) is 18.2. The molecular weight excluding hydrogens is 400 g/mol. The van der Waals surface area contributed by atoms with Gasteiger partial charge in [-0.3, -0.25) is 4.90 Å². The molecule has 3 fully saturated rings. The molecule has 9 heteroatoms. The van der Waals surface area contributed by atoms with E-state index in [0.29, 0.717) is 18.8 Å². The van der Waals surface area contributed by atoms with E-state index in [4.69, 9.17) is 0 Å². The summed E-state index contributed by atoms with van der Waals surface area (Å²) in [6.45, 7) is 8.07. The summed E-state index contributed by atoms with van der Waals surface area (Å²) in [5, 5.41) is 1.14. The van der Waals surface area contributed by atoms with Crippen molar-refractivity contribution in [3.05, 3.63) is 24.5 Å². The van der Waals surface area contributed by atoms with Gasteiger partial charge in [0.2, 0.25) is 10.0 Å². The van der Waals surface area contributed by atoms with Gasteiger partial charge in [-0.15, -0.1) is 0 Å². The summed E-state index contributed by atoms with van der Waals surface area (Å²) in [5.74, 6) is 1.37. The minimum absolute atomic E-state index is 0.311. The Morgan fingerprint density at radius 1 is 0.833 bits per heavy atom. The Labute approximate surface area is 178 Å². The van der Waals surface area contributed by atoms with Gasteiger partial charge in [0.05, 0.1) is 11.3 Å². The maximum absolute atomic E-state index is 12.0. The predicted octanol–water partition coefficient (Wildman–Crippen LogP) is 1.39. The molecule has 3 aliphatic heterocycles. The van der Waals surface area contributed by atoms with Crippen molar-refractivity contribution in [1.29, 1.82) is 0 Å². The molecule has 1 aromatic carbocycles. The van der Waals surface area contributed by atoms with E-state index in [1.807, 2.05) is 0 Å². The number of benzene rings is 1. The van der Waals surface area contributed by atoms with E-state index in [9.17, 15) is 8.42 Å². The highest BCUT2D eigenvalue weighted by Gasteiger charge is 2.28. The molecule has 4 heterocycles. The van der Waals surface area contributed by atoms with Gasteiger partial charge in [-0.25, -0.2) is 22.7 Å². The number of rotatable bonds is 5. The van der Waals surface area contributed by atoms with Gasteiger partial charge in [0.1, 0.15) is 12.1 Å². The maximum atomic E-state index is 12.0. The molecule has 1 aromatic heterocycles. The van der Waals surface area contributed by atoms with E-state index < -0.39 is 10.0 Å². The molecule has 162 valence electrons. The first kappa shape index (κ1) is 20.0. The van der Waals surface area contributed by atoms with E-state index in [1.54, 1.807) is 10.6 Å². The van der Waals surface area contributed by atoms with E-state index in [2.05, 4.69) is 42.9 Å². The highest BCUT2D eigenvalue weighted by atomic mass is 32.2. The SMILES string of the molecule is O=S1(=O)CCCN1CCN1CCN(c2ccc3ncnc(N4CCCC4)c3c2)CC1. The minimum Gasteiger partial charge on any atom is -0.369 e.